The molecule has 0 fully saturated rings. The van der Waals surface area contributed by atoms with Crippen LogP contribution in [0.4, 0.5) is 5.82 Å². The molecule has 19 heavy (non-hydrogen) atoms. The van der Waals surface area contributed by atoms with Gasteiger partial charge < -0.3 is 0 Å². The van der Waals surface area contributed by atoms with E-state index < -0.39 is 10.0 Å². The van der Waals surface area contributed by atoms with Crippen LogP contribution in [-0.4, -0.2) is 18.4 Å². The van der Waals surface area contributed by atoms with Crippen molar-refractivity contribution in [3.8, 4) is 0 Å². The molecule has 2 rings (SSSR count). The molecule has 0 aliphatic heterocycles. The predicted octanol–water partition coefficient (Wildman–Crippen LogP) is 3.24. The number of halogens is 3. The van der Waals surface area contributed by atoms with Gasteiger partial charge in [0.25, 0.3) is 10.0 Å². The fourth-order valence-corrected chi connectivity index (χ4v) is 2.68. The van der Waals surface area contributed by atoms with E-state index in [9.17, 15) is 8.42 Å². The number of rotatable bonds is 3. The van der Waals surface area contributed by atoms with Crippen LogP contribution in [0.2, 0.25) is 15.3 Å². The monoisotopic (exact) mass is 337 g/mol. The number of nitrogens with zero attached hydrogens (tertiary/aromatic N) is 2. The summed E-state index contributed by atoms with van der Waals surface area (Å²) in [4.78, 5) is 7.37. The molecule has 2 heterocycles. The molecule has 0 aromatic carbocycles. The lowest BCUT2D eigenvalue weighted by molar-refractivity contribution is 0.600. The number of anilines is 1. The summed E-state index contributed by atoms with van der Waals surface area (Å²) in [7, 11) is -3.85. The van der Waals surface area contributed by atoms with Crippen molar-refractivity contribution in [3.63, 3.8) is 0 Å². The minimum Gasteiger partial charge on any atom is -0.263 e. The average Bonchev–Trinajstić information content (AvgIpc) is 2.32. The maximum absolute atomic E-state index is 12.0. The Hall–Kier alpha value is -1.08. The van der Waals surface area contributed by atoms with Crippen LogP contribution in [0.3, 0.4) is 0 Å². The quantitative estimate of drug-likeness (QED) is 0.872. The van der Waals surface area contributed by atoms with Crippen molar-refractivity contribution in [2.45, 2.75) is 4.90 Å². The fraction of sp³-hybridized carbons (Fsp3) is 0. The molecule has 0 unspecified atom stereocenters. The molecule has 0 aliphatic carbocycles. The number of sulfonamides is 1. The van der Waals surface area contributed by atoms with Gasteiger partial charge in [0.2, 0.25) is 0 Å². The van der Waals surface area contributed by atoms with Crippen molar-refractivity contribution >= 4 is 50.6 Å². The molecule has 2 aromatic rings. The van der Waals surface area contributed by atoms with Gasteiger partial charge >= 0.3 is 0 Å². The minimum absolute atomic E-state index is 0.0292. The molecule has 0 saturated carbocycles. The number of pyridine rings is 2. The van der Waals surface area contributed by atoms with E-state index in [0.29, 0.717) is 0 Å². The second kappa shape index (κ2) is 5.50. The largest absolute Gasteiger partial charge is 0.264 e. The van der Waals surface area contributed by atoms with Crippen LogP contribution in [0.5, 0.6) is 0 Å². The van der Waals surface area contributed by atoms with E-state index in [1.807, 2.05) is 0 Å². The van der Waals surface area contributed by atoms with Crippen LogP contribution < -0.4 is 4.72 Å². The standard InChI is InChI=1S/C10H6Cl3N3O2S/c11-7-4-6(5-14-10(7)13)19(17,18)16-9-3-1-2-8(12)15-9/h1-5H,(H,15,16). The Morgan fingerprint density at radius 1 is 1.16 bits per heavy atom. The van der Waals surface area contributed by atoms with Crippen molar-refractivity contribution in [1.82, 2.24) is 9.97 Å². The molecular weight excluding hydrogens is 333 g/mol. The molecule has 2 aromatic heterocycles. The van der Waals surface area contributed by atoms with E-state index in [1.165, 1.54) is 18.2 Å². The van der Waals surface area contributed by atoms with E-state index in [4.69, 9.17) is 34.8 Å². The van der Waals surface area contributed by atoms with E-state index in [2.05, 4.69) is 14.7 Å². The van der Waals surface area contributed by atoms with Gasteiger partial charge in [0.1, 0.15) is 21.0 Å². The highest BCUT2D eigenvalue weighted by atomic mass is 35.5. The number of aromatic nitrogens is 2. The van der Waals surface area contributed by atoms with Crippen LogP contribution in [0.1, 0.15) is 0 Å². The summed E-state index contributed by atoms with van der Waals surface area (Å²) in [6.45, 7) is 0. The average molecular weight is 339 g/mol. The molecule has 5 nitrogen and oxygen atoms in total. The smallest absolute Gasteiger partial charge is 0.263 e. The highest BCUT2D eigenvalue weighted by Gasteiger charge is 2.17. The van der Waals surface area contributed by atoms with Gasteiger partial charge in [0, 0.05) is 6.20 Å². The molecular formula is C10H6Cl3N3O2S. The summed E-state index contributed by atoms with van der Waals surface area (Å²) in [5.41, 5.74) is 0. The van der Waals surface area contributed by atoms with Crippen LogP contribution in [0.25, 0.3) is 0 Å². The van der Waals surface area contributed by atoms with Gasteiger partial charge in [0.15, 0.2) is 0 Å². The lowest BCUT2D eigenvalue weighted by Gasteiger charge is -2.07. The minimum atomic E-state index is -3.85. The first kappa shape index (κ1) is 14.3. The van der Waals surface area contributed by atoms with E-state index >= 15 is 0 Å². The van der Waals surface area contributed by atoms with Gasteiger partial charge in [-0.25, -0.2) is 18.4 Å². The van der Waals surface area contributed by atoms with Crippen molar-refractivity contribution < 1.29 is 8.42 Å². The maximum Gasteiger partial charge on any atom is 0.264 e. The van der Waals surface area contributed by atoms with Gasteiger partial charge in [-0.05, 0) is 18.2 Å². The summed E-state index contributed by atoms with van der Waals surface area (Å²) in [6.07, 6.45) is 1.10. The first-order chi connectivity index (χ1) is 8.88. The Kier molecular flexibility index (Phi) is 4.15. The lowest BCUT2D eigenvalue weighted by atomic mass is 10.5. The van der Waals surface area contributed by atoms with Crippen LogP contribution in [-0.2, 0) is 10.0 Å². The molecule has 0 bridgehead atoms. The normalized spacial score (nSPS) is 11.3. The summed E-state index contributed by atoms with van der Waals surface area (Å²) in [6, 6.07) is 5.76. The van der Waals surface area contributed by atoms with Crippen LogP contribution >= 0.6 is 34.8 Å². The molecule has 0 atom stereocenters. The molecule has 0 spiro atoms. The zero-order valence-electron chi connectivity index (χ0n) is 9.14. The highest BCUT2D eigenvalue weighted by molar-refractivity contribution is 7.92. The first-order valence-corrected chi connectivity index (χ1v) is 7.46. The summed E-state index contributed by atoms with van der Waals surface area (Å²) >= 11 is 17.0. The van der Waals surface area contributed by atoms with E-state index in [1.54, 1.807) is 6.07 Å². The summed E-state index contributed by atoms with van der Waals surface area (Å²) < 4.78 is 26.3. The van der Waals surface area contributed by atoms with Crippen molar-refractivity contribution in [2.75, 3.05) is 4.72 Å². The van der Waals surface area contributed by atoms with Crippen LogP contribution in [0, 0.1) is 0 Å². The third kappa shape index (κ3) is 3.48. The summed E-state index contributed by atoms with van der Waals surface area (Å²) in [5, 5.41) is 0.248. The highest BCUT2D eigenvalue weighted by Crippen LogP contribution is 2.23. The molecule has 0 amide bonds. The van der Waals surface area contributed by atoms with Gasteiger partial charge in [-0.3, -0.25) is 4.72 Å². The van der Waals surface area contributed by atoms with Crippen molar-refractivity contribution in [2.24, 2.45) is 0 Å². The van der Waals surface area contributed by atoms with Gasteiger partial charge in [-0.15, -0.1) is 0 Å². The molecule has 100 valence electrons. The SMILES string of the molecule is O=S(=O)(Nc1cccc(Cl)n1)c1cnc(Cl)c(Cl)c1. The van der Waals surface area contributed by atoms with Gasteiger partial charge in [0.05, 0.1) is 5.02 Å². The van der Waals surface area contributed by atoms with E-state index in [0.717, 1.165) is 6.20 Å². The van der Waals surface area contributed by atoms with Crippen LogP contribution in [0.15, 0.2) is 35.4 Å². The molecule has 0 saturated heterocycles. The van der Waals surface area contributed by atoms with E-state index in [-0.39, 0.29) is 26.0 Å². The first-order valence-electron chi connectivity index (χ1n) is 4.85. The second-order valence-corrected chi connectivity index (χ2v) is 6.23. The van der Waals surface area contributed by atoms with Crippen molar-refractivity contribution in [3.05, 3.63) is 45.8 Å². The Morgan fingerprint density at radius 2 is 1.89 bits per heavy atom. The lowest BCUT2D eigenvalue weighted by Crippen LogP contribution is -2.14. The maximum atomic E-state index is 12.0. The molecule has 0 aliphatic rings. The second-order valence-electron chi connectivity index (χ2n) is 3.39. The third-order valence-corrected chi connectivity index (χ3v) is 4.25. The Labute approximate surface area is 124 Å². The Balaban J connectivity index is 2.35. The number of nitrogens with one attached hydrogen (secondary N) is 1. The zero-order valence-corrected chi connectivity index (χ0v) is 12.2. The Morgan fingerprint density at radius 3 is 2.53 bits per heavy atom. The van der Waals surface area contributed by atoms with Gasteiger partial charge in [-0.1, -0.05) is 40.9 Å². The summed E-state index contributed by atoms with van der Waals surface area (Å²) in [5.74, 6) is 0.0959. The van der Waals surface area contributed by atoms with Gasteiger partial charge in [-0.2, -0.15) is 0 Å². The molecule has 9 heteroatoms. The molecule has 0 radical (unpaired) electrons. The number of hydrogen-bond acceptors (Lipinski definition) is 4. The Bertz CT molecular complexity index is 722. The molecule has 1 N–H and O–H groups in total. The number of hydrogen-bond donors (Lipinski definition) is 1. The zero-order chi connectivity index (χ0) is 14.0. The predicted molar refractivity (Wildman–Crippen MR) is 74.3 cm³/mol. The van der Waals surface area contributed by atoms with Crippen molar-refractivity contribution in [1.29, 1.82) is 0 Å². The topological polar surface area (TPSA) is 72.0 Å². The third-order valence-electron chi connectivity index (χ3n) is 2.04. The fourth-order valence-electron chi connectivity index (χ4n) is 1.21.